The molecule has 2 fully saturated rings. The van der Waals surface area contributed by atoms with Gasteiger partial charge in [0.1, 0.15) is 17.8 Å². The van der Waals surface area contributed by atoms with Gasteiger partial charge in [0.2, 0.25) is 5.82 Å². The average Bonchev–Trinajstić information content (AvgIpc) is 3.66. The highest BCUT2D eigenvalue weighted by molar-refractivity contribution is 6.00. The second kappa shape index (κ2) is 9.12. The summed E-state index contributed by atoms with van der Waals surface area (Å²) in [6.45, 7) is 3.28. The summed E-state index contributed by atoms with van der Waals surface area (Å²) in [5.41, 5.74) is 9.90. The Kier molecular flexibility index (Phi) is 5.73. The van der Waals surface area contributed by atoms with E-state index in [1.54, 1.807) is 25.4 Å². The van der Waals surface area contributed by atoms with Gasteiger partial charge in [-0.2, -0.15) is 14.7 Å². The minimum absolute atomic E-state index is 0.00707. The van der Waals surface area contributed by atoms with Crippen molar-refractivity contribution in [2.45, 2.75) is 64.0 Å². The third-order valence-corrected chi connectivity index (χ3v) is 7.72. The van der Waals surface area contributed by atoms with E-state index < -0.39 is 0 Å². The van der Waals surface area contributed by atoms with Gasteiger partial charge in [0.15, 0.2) is 17.2 Å². The minimum Gasteiger partial charge on any atom is -0.383 e. The van der Waals surface area contributed by atoms with Gasteiger partial charge in [-0.1, -0.05) is 13.0 Å². The second-order valence-corrected chi connectivity index (χ2v) is 9.92. The molecule has 0 spiro atoms. The Bertz CT molecular complexity index is 1550. The Balaban J connectivity index is 1.39. The zero-order valence-electron chi connectivity index (χ0n) is 21.1. The number of amides is 1. The fourth-order valence-corrected chi connectivity index (χ4v) is 5.95. The fraction of sp³-hybridized carbons (Fsp3) is 0.385. The lowest BCUT2D eigenvalue weighted by Gasteiger charge is -2.38. The summed E-state index contributed by atoms with van der Waals surface area (Å²) in [5.74, 6) is 0.0527. The van der Waals surface area contributed by atoms with Crippen molar-refractivity contribution in [3.05, 3.63) is 53.6 Å². The molecule has 4 aromatic rings. The Morgan fingerprint density at radius 2 is 1.87 bits per heavy atom. The molecule has 6 heterocycles. The lowest BCUT2D eigenvalue weighted by atomic mass is 9.85. The van der Waals surface area contributed by atoms with Gasteiger partial charge < -0.3 is 10.6 Å². The average molecular weight is 514 g/mol. The maximum atomic E-state index is 13.1. The molecule has 2 bridgehead atoms. The summed E-state index contributed by atoms with van der Waals surface area (Å²) in [6, 6.07) is 3.52. The topological polar surface area (TPSA) is 165 Å². The fourth-order valence-electron chi connectivity index (χ4n) is 5.95. The number of aromatic nitrogens is 7. The number of pyridine rings is 1. The number of nitrogens with two attached hydrogens (primary N) is 1. The van der Waals surface area contributed by atoms with Gasteiger partial charge >= 0.3 is 0 Å². The largest absolute Gasteiger partial charge is 0.383 e. The molecule has 4 aromatic heterocycles. The van der Waals surface area contributed by atoms with Crippen molar-refractivity contribution >= 4 is 28.9 Å². The van der Waals surface area contributed by atoms with Crippen LogP contribution in [-0.4, -0.2) is 69.2 Å². The van der Waals surface area contributed by atoms with Crippen LogP contribution in [0.5, 0.6) is 0 Å². The van der Waals surface area contributed by atoms with Gasteiger partial charge in [-0.25, -0.2) is 9.97 Å². The van der Waals surface area contributed by atoms with Gasteiger partial charge in [0, 0.05) is 41.7 Å². The molecule has 12 heteroatoms. The molecule has 3 atom stereocenters. The highest BCUT2D eigenvalue weighted by Gasteiger charge is 2.45. The molecule has 2 aliphatic rings. The SMILES string of the molecule is CCC(=O)c1ccc(-c2cnn3c(N)c(C(C)=O)c(C4C[C@H]5CC[C@@H](C4)N5C(=O)c4ncn[nH]4)nc23)cn1. The molecule has 6 rings (SSSR count). The smallest absolute Gasteiger partial charge is 0.291 e. The van der Waals surface area contributed by atoms with E-state index in [0.717, 1.165) is 18.4 Å². The summed E-state index contributed by atoms with van der Waals surface area (Å²) in [6.07, 6.45) is 8.06. The number of nitrogen functional groups attached to an aromatic ring is 1. The van der Waals surface area contributed by atoms with Crippen LogP contribution >= 0.6 is 0 Å². The molecule has 194 valence electrons. The molecule has 1 amide bonds. The van der Waals surface area contributed by atoms with E-state index in [2.05, 4.69) is 25.3 Å². The van der Waals surface area contributed by atoms with Crippen molar-refractivity contribution in [2.75, 3.05) is 5.73 Å². The van der Waals surface area contributed by atoms with E-state index in [1.165, 1.54) is 17.8 Å². The zero-order chi connectivity index (χ0) is 26.6. The molecular weight excluding hydrogens is 486 g/mol. The summed E-state index contributed by atoms with van der Waals surface area (Å²) in [4.78, 5) is 53.1. The molecule has 1 unspecified atom stereocenters. The monoisotopic (exact) mass is 513 g/mol. The summed E-state index contributed by atoms with van der Waals surface area (Å²) in [7, 11) is 0. The first-order chi connectivity index (χ1) is 18.4. The van der Waals surface area contributed by atoms with Gasteiger partial charge in [-0.05, 0) is 38.7 Å². The number of fused-ring (bicyclic) bond motifs is 3. The van der Waals surface area contributed by atoms with Crippen LogP contribution in [0.3, 0.4) is 0 Å². The predicted molar refractivity (Wildman–Crippen MR) is 137 cm³/mol. The lowest BCUT2D eigenvalue weighted by molar-refractivity contribution is 0.0556. The van der Waals surface area contributed by atoms with Crippen LogP contribution in [0.4, 0.5) is 5.82 Å². The number of ketones is 2. The molecule has 2 saturated heterocycles. The molecule has 0 aliphatic carbocycles. The molecule has 2 aliphatic heterocycles. The number of nitrogens with zero attached hydrogens (tertiary/aromatic N) is 7. The van der Waals surface area contributed by atoms with Crippen LogP contribution in [-0.2, 0) is 0 Å². The standard InChI is InChI=1S/C26H27N9O3/c1-3-20(37)19-7-4-14(10-28-19)18-11-31-35-23(27)21(13(2)36)22(32-25(18)35)15-8-16-5-6-17(9-15)34(16)26(38)24-29-12-30-33-24/h4,7,10-12,15-17H,3,5-6,8-9,27H2,1-2H3,(H,29,30,33)/t15?,16-,17+. The Labute approximate surface area is 217 Å². The number of Topliss-reactive ketones (excluding diaryl/α,β-unsaturated/α-hetero) is 2. The minimum atomic E-state index is -0.180. The van der Waals surface area contributed by atoms with Crippen molar-refractivity contribution in [1.82, 2.24) is 39.7 Å². The molecule has 0 aromatic carbocycles. The lowest BCUT2D eigenvalue weighted by Crippen LogP contribution is -2.46. The highest BCUT2D eigenvalue weighted by Crippen LogP contribution is 2.45. The Hall–Kier alpha value is -4.48. The van der Waals surface area contributed by atoms with E-state index in [4.69, 9.17) is 10.7 Å². The number of hydrogen-bond acceptors (Lipinski definition) is 9. The molecule has 0 saturated carbocycles. The normalized spacial score (nSPS) is 20.7. The van der Waals surface area contributed by atoms with Crippen LogP contribution in [0.15, 0.2) is 30.9 Å². The van der Waals surface area contributed by atoms with Crippen molar-refractivity contribution < 1.29 is 14.4 Å². The van der Waals surface area contributed by atoms with E-state index >= 15 is 0 Å². The molecular formula is C26H27N9O3. The van der Waals surface area contributed by atoms with Gasteiger partial charge in [-0.15, -0.1) is 0 Å². The maximum absolute atomic E-state index is 13.1. The number of H-pyrrole nitrogens is 1. The zero-order valence-corrected chi connectivity index (χ0v) is 21.1. The third kappa shape index (κ3) is 3.75. The van der Waals surface area contributed by atoms with Gasteiger partial charge in [0.05, 0.1) is 17.5 Å². The number of hydrogen-bond donors (Lipinski definition) is 2. The molecule has 38 heavy (non-hydrogen) atoms. The van der Waals surface area contributed by atoms with Crippen LogP contribution in [0.2, 0.25) is 0 Å². The number of carbonyl (C=O) groups excluding carboxylic acids is 3. The third-order valence-electron chi connectivity index (χ3n) is 7.72. The molecule has 0 radical (unpaired) electrons. The van der Waals surface area contributed by atoms with E-state index in [9.17, 15) is 14.4 Å². The summed E-state index contributed by atoms with van der Waals surface area (Å²) >= 11 is 0. The first kappa shape index (κ1) is 23.9. The first-order valence-corrected chi connectivity index (χ1v) is 12.7. The number of piperidine rings is 1. The highest BCUT2D eigenvalue weighted by atomic mass is 16.2. The van der Waals surface area contributed by atoms with E-state index in [1.807, 2.05) is 11.0 Å². The van der Waals surface area contributed by atoms with Gasteiger partial charge in [0.25, 0.3) is 5.91 Å². The summed E-state index contributed by atoms with van der Waals surface area (Å²) in [5, 5.41) is 10.9. The quantitative estimate of drug-likeness (QED) is 0.369. The Morgan fingerprint density at radius 3 is 2.47 bits per heavy atom. The van der Waals surface area contributed by atoms with E-state index in [-0.39, 0.29) is 47.1 Å². The number of anilines is 1. The van der Waals surface area contributed by atoms with Crippen molar-refractivity contribution in [2.24, 2.45) is 0 Å². The van der Waals surface area contributed by atoms with Crippen molar-refractivity contribution in [3.63, 3.8) is 0 Å². The molecule has 3 N–H and O–H groups in total. The predicted octanol–water partition coefficient (Wildman–Crippen LogP) is 2.84. The second-order valence-electron chi connectivity index (χ2n) is 9.92. The van der Waals surface area contributed by atoms with Crippen LogP contribution in [0.25, 0.3) is 16.8 Å². The first-order valence-electron chi connectivity index (χ1n) is 12.7. The van der Waals surface area contributed by atoms with E-state index in [0.29, 0.717) is 47.4 Å². The number of nitrogens with one attached hydrogen (secondary N) is 1. The number of aromatic amines is 1. The van der Waals surface area contributed by atoms with Crippen LogP contribution < -0.4 is 5.73 Å². The molecule has 12 nitrogen and oxygen atoms in total. The van der Waals surface area contributed by atoms with Gasteiger partial charge in [-0.3, -0.25) is 24.5 Å². The van der Waals surface area contributed by atoms with Crippen molar-refractivity contribution in [1.29, 1.82) is 0 Å². The maximum Gasteiger partial charge on any atom is 0.291 e. The van der Waals surface area contributed by atoms with Crippen LogP contribution in [0.1, 0.15) is 89.0 Å². The number of rotatable bonds is 6. The number of carbonyl (C=O) groups is 3. The Morgan fingerprint density at radius 1 is 1.11 bits per heavy atom. The summed E-state index contributed by atoms with van der Waals surface area (Å²) < 4.78 is 1.48. The van der Waals surface area contributed by atoms with Crippen LogP contribution in [0, 0.1) is 0 Å². The van der Waals surface area contributed by atoms with Crippen molar-refractivity contribution in [3.8, 4) is 11.1 Å².